The van der Waals surface area contributed by atoms with E-state index in [1.165, 1.54) is 30.7 Å². The number of hydrogen-bond acceptors (Lipinski definition) is 4. The van der Waals surface area contributed by atoms with Crippen LogP contribution in [0.25, 0.3) is 0 Å². The molecule has 1 N–H and O–H groups in total. The topological polar surface area (TPSA) is 63.1 Å². The molecule has 4 heteroatoms. The zero-order valence-electron chi connectivity index (χ0n) is 7.79. The zero-order chi connectivity index (χ0) is 10.7. The van der Waals surface area contributed by atoms with Gasteiger partial charge in [0.05, 0.1) is 6.20 Å². The molecule has 0 amide bonds. The molecule has 15 heavy (non-hydrogen) atoms. The summed E-state index contributed by atoms with van der Waals surface area (Å²) < 4.78 is 0. The van der Waals surface area contributed by atoms with Crippen molar-refractivity contribution in [1.29, 1.82) is 0 Å². The van der Waals surface area contributed by atoms with Crippen LogP contribution in [0.1, 0.15) is 16.1 Å². The number of phenols is 1. The number of aromatic hydroxyl groups is 1. The van der Waals surface area contributed by atoms with Crippen molar-refractivity contribution in [2.24, 2.45) is 0 Å². The van der Waals surface area contributed by atoms with Crippen LogP contribution in [0.2, 0.25) is 0 Å². The first-order valence-corrected chi connectivity index (χ1v) is 4.37. The number of nitrogens with zero attached hydrogens (tertiary/aromatic N) is 2. The molecule has 0 saturated carbocycles. The number of phenolic OH excluding ortho intramolecular Hbond substituents is 1. The van der Waals surface area contributed by atoms with Crippen molar-refractivity contribution in [3.8, 4) is 5.75 Å². The number of rotatable bonds is 2. The Morgan fingerprint density at radius 2 is 1.87 bits per heavy atom. The summed E-state index contributed by atoms with van der Waals surface area (Å²) in [5.41, 5.74) is 0.775. The van der Waals surface area contributed by atoms with Crippen LogP contribution in [0, 0.1) is 0 Å². The largest absolute Gasteiger partial charge is 0.508 e. The van der Waals surface area contributed by atoms with E-state index in [0.29, 0.717) is 11.3 Å². The lowest BCUT2D eigenvalue weighted by molar-refractivity contribution is 0.103. The van der Waals surface area contributed by atoms with E-state index in [4.69, 9.17) is 5.11 Å². The molecule has 0 fully saturated rings. The molecule has 2 rings (SSSR count). The molecular formula is C11H8N2O2. The monoisotopic (exact) mass is 200 g/mol. The summed E-state index contributed by atoms with van der Waals surface area (Å²) in [6.45, 7) is 0. The normalized spacial score (nSPS) is 9.87. The Bertz CT molecular complexity index is 466. The Labute approximate surface area is 86.2 Å². The van der Waals surface area contributed by atoms with Gasteiger partial charge in [-0.15, -0.1) is 0 Å². The predicted molar refractivity (Wildman–Crippen MR) is 53.6 cm³/mol. The van der Waals surface area contributed by atoms with Crippen LogP contribution >= 0.6 is 0 Å². The standard InChI is InChI=1S/C11H8N2O2/c14-9-3-1-8(2-4-9)11(15)10-7-12-5-6-13-10/h1-7,14H. The van der Waals surface area contributed by atoms with Crippen LogP contribution in [0.15, 0.2) is 42.9 Å². The molecule has 0 aliphatic heterocycles. The molecule has 1 aromatic heterocycles. The van der Waals surface area contributed by atoms with Crippen LogP contribution in [0.4, 0.5) is 0 Å². The van der Waals surface area contributed by atoms with Crippen molar-refractivity contribution in [1.82, 2.24) is 9.97 Å². The molecule has 4 nitrogen and oxygen atoms in total. The summed E-state index contributed by atoms with van der Waals surface area (Å²) in [4.78, 5) is 19.5. The average molecular weight is 200 g/mol. The van der Waals surface area contributed by atoms with Gasteiger partial charge in [-0.1, -0.05) is 0 Å². The summed E-state index contributed by atoms with van der Waals surface area (Å²) in [5, 5.41) is 9.07. The van der Waals surface area contributed by atoms with Crippen molar-refractivity contribution >= 4 is 5.78 Å². The maximum atomic E-state index is 11.8. The second kappa shape index (κ2) is 3.88. The second-order valence-corrected chi connectivity index (χ2v) is 2.97. The van der Waals surface area contributed by atoms with Crippen LogP contribution in [0.5, 0.6) is 5.75 Å². The van der Waals surface area contributed by atoms with Gasteiger partial charge in [-0.3, -0.25) is 9.78 Å². The third kappa shape index (κ3) is 1.99. The van der Waals surface area contributed by atoms with Gasteiger partial charge < -0.3 is 5.11 Å². The molecule has 0 bridgehead atoms. The smallest absolute Gasteiger partial charge is 0.212 e. The van der Waals surface area contributed by atoms with Crippen molar-refractivity contribution < 1.29 is 9.90 Å². The quantitative estimate of drug-likeness (QED) is 0.744. The highest BCUT2D eigenvalue weighted by atomic mass is 16.3. The van der Waals surface area contributed by atoms with E-state index >= 15 is 0 Å². The molecule has 2 aromatic rings. The second-order valence-electron chi connectivity index (χ2n) is 2.97. The molecule has 0 aliphatic rings. The first-order valence-electron chi connectivity index (χ1n) is 4.37. The van der Waals surface area contributed by atoms with Gasteiger partial charge in [0.25, 0.3) is 0 Å². The fourth-order valence-corrected chi connectivity index (χ4v) is 1.18. The lowest BCUT2D eigenvalue weighted by Gasteiger charge is -1.99. The lowest BCUT2D eigenvalue weighted by Crippen LogP contribution is -2.03. The van der Waals surface area contributed by atoms with E-state index in [-0.39, 0.29) is 11.5 Å². The van der Waals surface area contributed by atoms with Crippen molar-refractivity contribution in [3.63, 3.8) is 0 Å². The molecule has 0 radical (unpaired) electrons. The Kier molecular flexibility index (Phi) is 2.41. The summed E-state index contributed by atoms with van der Waals surface area (Å²) in [7, 11) is 0. The third-order valence-electron chi connectivity index (χ3n) is 1.93. The van der Waals surface area contributed by atoms with E-state index < -0.39 is 0 Å². The number of carbonyl (C=O) groups is 1. The highest BCUT2D eigenvalue weighted by molar-refractivity contribution is 6.07. The number of carbonyl (C=O) groups excluding carboxylic acids is 1. The molecule has 0 atom stereocenters. The summed E-state index contributed by atoms with van der Waals surface area (Å²) in [6, 6.07) is 6.02. The highest BCUT2D eigenvalue weighted by Gasteiger charge is 2.09. The molecule has 1 aromatic carbocycles. The maximum absolute atomic E-state index is 11.8. The van der Waals surface area contributed by atoms with E-state index in [9.17, 15) is 4.79 Å². The predicted octanol–water partition coefficient (Wildman–Crippen LogP) is 1.41. The SMILES string of the molecule is O=C(c1ccc(O)cc1)c1cnccn1. The third-order valence-corrected chi connectivity index (χ3v) is 1.93. The fraction of sp³-hybridized carbons (Fsp3) is 0. The number of ketones is 1. The van der Waals surface area contributed by atoms with E-state index in [2.05, 4.69) is 9.97 Å². The Morgan fingerprint density at radius 1 is 1.13 bits per heavy atom. The highest BCUT2D eigenvalue weighted by Crippen LogP contribution is 2.12. The average Bonchev–Trinajstić information content (AvgIpc) is 2.30. The first kappa shape index (κ1) is 9.33. The van der Waals surface area contributed by atoms with E-state index in [1.54, 1.807) is 12.1 Å². The van der Waals surface area contributed by atoms with Crippen LogP contribution in [0.3, 0.4) is 0 Å². The van der Waals surface area contributed by atoms with Gasteiger partial charge in [0.2, 0.25) is 5.78 Å². The first-order chi connectivity index (χ1) is 7.27. The van der Waals surface area contributed by atoms with E-state index in [1.807, 2.05) is 0 Å². The van der Waals surface area contributed by atoms with Crippen molar-refractivity contribution in [3.05, 3.63) is 54.1 Å². The van der Waals surface area contributed by atoms with Crippen molar-refractivity contribution in [2.75, 3.05) is 0 Å². The molecular weight excluding hydrogens is 192 g/mol. The van der Waals surface area contributed by atoms with E-state index in [0.717, 1.165) is 0 Å². The molecule has 0 aliphatic carbocycles. The zero-order valence-corrected chi connectivity index (χ0v) is 7.79. The number of hydrogen-bond donors (Lipinski definition) is 1. The van der Waals surface area contributed by atoms with Gasteiger partial charge in [0, 0.05) is 18.0 Å². The number of aromatic nitrogens is 2. The minimum absolute atomic E-state index is 0.130. The van der Waals surface area contributed by atoms with Crippen LogP contribution in [-0.4, -0.2) is 20.9 Å². The van der Waals surface area contributed by atoms with Gasteiger partial charge >= 0.3 is 0 Å². The molecule has 1 heterocycles. The van der Waals surface area contributed by atoms with Gasteiger partial charge in [0.1, 0.15) is 11.4 Å². The molecule has 0 spiro atoms. The minimum Gasteiger partial charge on any atom is -0.508 e. The Morgan fingerprint density at radius 3 is 2.47 bits per heavy atom. The van der Waals surface area contributed by atoms with Crippen LogP contribution < -0.4 is 0 Å². The van der Waals surface area contributed by atoms with Gasteiger partial charge in [-0.2, -0.15) is 0 Å². The molecule has 74 valence electrons. The summed E-state index contributed by atoms with van der Waals surface area (Å²) in [5.74, 6) is -0.0752. The fourth-order valence-electron chi connectivity index (χ4n) is 1.18. The molecule has 0 unspecified atom stereocenters. The van der Waals surface area contributed by atoms with Gasteiger partial charge in [0.15, 0.2) is 0 Å². The van der Waals surface area contributed by atoms with Gasteiger partial charge in [-0.25, -0.2) is 4.98 Å². The Balaban J connectivity index is 2.33. The lowest BCUT2D eigenvalue weighted by atomic mass is 10.1. The summed E-state index contributed by atoms with van der Waals surface area (Å²) >= 11 is 0. The van der Waals surface area contributed by atoms with Crippen molar-refractivity contribution in [2.45, 2.75) is 0 Å². The molecule has 0 saturated heterocycles. The van der Waals surface area contributed by atoms with Gasteiger partial charge in [-0.05, 0) is 24.3 Å². The van der Waals surface area contributed by atoms with Crippen LogP contribution in [-0.2, 0) is 0 Å². The summed E-state index contributed by atoms with van der Waals surface area (Å²) in [6.07, 6.45) is 4.39. The minimum atomic E-state index is -0.205. The Hall–Kier alpha value is -2.23. The maximum Gasteiger partial charge on any atom is 0.212 e. The number of benzene rings is 1.